The zero-order chi connectivity index (χ0) is 14.5. The molecule has 0 radical (unpaired) electrons. The second-order valence-electron chi connectivity index (χ2n) is 5.08. The van der Waals surface area contributed by atoms with Gasteiger partial charge in [-0.1, -0.05) is 0 Å². The van der Waals surface area contributed by atoms with E-state index in [1.54, 1.807) is 24.7 Å². The van der Waals surface area contributed by atoms with Gasteiger partial charge in [-0.05, 0) is 26.3 Å². The minimum atomic E-state index is -0.976. The minimum absolute atomic E-state index is 0.0784. The van der Waals surface area contributed by atoms with Crippen LogP contribution in [-0.4, -0.2) is 40.0 Å². The summed E-state index contributed by atoms with van der Waals surface area (Å²) in [5.41, 5.74) is 0.0869. The molecule has 0 aliphatic heterocycles. The van der Waals surface area contributed by atoms with Gasteiger partial charge in [0.25, 0.3) is 0 Å². The molecule has 0 saturated carbocycles. The van der Waals surface area contributed by atoms with E-state index in [4.69, 9.17) is 5.11 Å². The summed E-state index contributed by atoms with van der Waals surface area (Å²) in [4.78, 5) is 22.3. The number of aromatic nitrogens is 2. The molecule has 1 aromatic rings. The number of hydrogen-bond donors (Lipinski definition) is 3. The van der Waals surface area contributed by atoms with Crippen LogP contribution in [0.4, 0.5) is 4.79 Å². The van der Waals surface area contributed by atoms with Gasteiger partial charge in [-0.25, -0.2) is 4.79 Å². The van der Waals surface area contributed by atoms with Gasteiger partial charge in [0.2, 0.25) is 0 Å². The average molecular weight is 268 g/mol. The van der Waals surface area contributed by atoms with E-state index in [1.807, 2.05) is 13.1 Å². The number of nitrogens with one attached hydrogen (secondary N) is 2. The Kier molecular flexibility index (Phi) is 4.91. The normalized spacial score (nSPS) is 11.1. The van der Waals surface area contributed by atoms with E-state index in [0.29, 0.717) is 13.1 Å². The third kappa shape index (κ3) is 4.99. The number of urea groups is 1. The molecule has 0 atom stereocenters. The minimum Gasteiger partial charge on any atom is -0.481 e. The summed E-state index contributed by atoms with van der Waals surface area (Å²) in [5, 5.41) is 18.2. The Labute approximate surface area is 112 Å². The van der Waals surface area contributed by atoms with Gasteiger partial charge in [0.05, 0.1) is 18.2 Å². The molecule has 19 heavy (non-hydrogen) atoms. The number of aliphatic carboxylic acids is 1. The second kappa shape index (κ2) is 6.21. The van der Waals surface area contributed by atoms with Gasteiger partial charge in [0.15, 0.2) is 0 Å². The largest absolute Gasteiger partial charge is 0.481 e. The van der Waals surface area contributed by atoms with Gasteiger partial charge in [-0.2, -0.15) is 5.10 Å². The maximum atomic E-state index is 11.5. The fourth-order valence-corrected chi connectivity index (χ4v) is 1.31. The van der Waals surface area contributed by atoms with E-state index in [1.165, 1.54) is 0 Å². The Bertz CT molecular complexity index is 454. The first kappa shape index (κ1) is 15.0. The Hall–Kier alpha value is -2.05. The molecule has 2 amide bonds. The zero-order valence-corrected chi connectivity index (χ0v) is 11.4. The van der Waals surface area contributed by atoms with E-state index < -0.39 is 11.4 Å². The van der Waals surface area contributed by atoms with Crippen LogP contribution < -0.4 is 10.6 Å². The summed E-state index contributed by atoms with van der Waals surface area (Å²) in [6.07, 6.45) is 3.63. The highest BCUT2D eigenvalue weighted by atomic mass is 16.4. The topological polar surface area (TPSA) is 96.3 Å². The zero-order valence-electron chi connectivity index (χ0n) is 11.4. The number of amides is 2. The van der Waals surface area contributed by atoms with E-state index in [9.17, 15) is 9.59 Å². The number of carboxylic acid groups (broad SMARTS) is 1. The number of rotatable bonds is 6. The highest BCUT2D eigenvalue weighted by Crippen LogP contribution is 2.12. The van der Waals surface area contributed by atoms with E-state index in [2.05, 4.69) is 15.7 Å². The van der Waals surface area contributed by atoms with Crippen molar-refractivity contribution in [2.45, 2.75) is 27.3 Å². The molecule has 0 unspecified atom stereocenters. The van der Waals surface area contributed by atoms with Crippen LogP contribution in [0.1, 0.15) is 19.4 Å². The molecule has 1 heterocycles. The predicted octanol–water partition coefficient (Wildman–Crippen LogP) is 0.602. The monoisotopic (exact) mass is 268 g/mol. The average Bonchev–Trinajstić information content (AvgIpc) is 2.72. The van der Waals surface area contributed by atoms with Gasteiger partial charge >= 0.3 is 12.0 Å². The lowest BCUT2D eigenvalue weighted by molar-refractivity contribution is -0.146. The van der Waals surface area contributed by atoms with Gasteiger partial charge < -0.3 is 15.7 Å². The highest BCUT2D eigenvalue weighted by Gasteiger charge is 2.27. The number of carboxylic acids is 1. The number of aryl methyl sites for hydroxylation is 1. The molecule has 0 spiro atoms. The Balaban J connectivity index is 2.23. The van der Waals surface area contributed by atoms with Crippen LogP contribution >= 0.6 is 0 Å². The third-order valence-electron chi connectivity index (χ3n) is 2.66. The van der Waals surface area contributed by atoms with Gasteiger partial charge in [0.1, 0.15) is 0 Å². The van der Waals surface area contributed by atoms with Crippen LogP contribution in [0.3, 0.4) is 0 Å². The summed E-state index contributed by atoms with van der Waals surface area (Å²) < 4.78 is 1.73. The molecule has 3 N–H and O–H groups in total. The van der Waals surface area contributed by atoms with Crippen molar-refractivity contribution in [2.75, 3.05) is 13.1 Å². The molecule has 0 bridgehead atoms. The Morgan fingerprint density at radius 3 is 2.63 bits per heavy atom. The molecular weight excluding hydrogens is 248 g/mol. The van der Waals surface area contributed by atoms with Crippen LogP contribution in [-0.2, 0) is 11.3 Å². The summed E-state index contributed by atoms with van der Waals surface area (Å²) in [6.45, 7) is 6.14. The first-order chi connectivity index (χ1) is 8.81. The van der Waals surface area contributed by atoms with Gasteiger partial charge in [-0.3, -0.25) is 9.48 Å². The number of carbonyl (C=O) groups excluding carboxylic acids is 1. The number of carbonyl (C=O) groups is 2. The van der Waals surface area contributed by atoms with Crippen LogP contribution in [0.15, 0.2) is 12.4 Å². The van der Waals surface area contributed by atoms with Crippen LogP contribution in [0.2, 0.25) is 0 Å². The van der Waals surface area contributed by atoms with Crippen LogP contribution in [0.5, 0.6) is 0 Å². The molecule has 7 nitrogen and oxygen atoms in total. The quantitative estimate of drug-likeness (QED) is 0.704. The second-order valence-corrected chi connectivity index (χ2v) is 5.08. The Morgan fingerprint density at radius 1 is 1.42 bits per heavy atom. The molecule has 7 heteroatoms. The first-order valence-electron chi connectivity index (χ1n) is 6.05. The van der Waals surface area contributed by atoms with Crippen molar-refractivity contribution in [3.63, 3.8) is 0 Å². The third-order valence-corrected chi connectivity index (χ3v) is 2.66. The summed E-state index contributed by atoms with van der Waals surface area (Å²) in [7, 11) is 0. The lowest BCUT2D eigenvalue weighted by Gasteiger charge is -2.19. The fraction of sp³-hybridized carbons (Fsp3) is 0.583. The van der Waals surface area contributed by atoms with Crippen molar-refractivity contribution in [2.24, 2.45) is 5.41 Å². The number of nitrogens with zero attached hydrogens (tertiary/aromatic N) is 2. The van der Waals surface area contributed by atoms with Gasteiger partial charge in [-0.15, -0.1) is 0 Å². The fourth-order valence-electron chi connectivity index (χ4n) is 1.31. The maximum absolute atomic E-state index is 11.5. The van der Waals surface area contributed by atoms with Crippen LogP contribution in [0, 0.1) is 12.3 Å². The Morgan fingerprint density at radius 2 is 2.11 bits per heavy atom. The molecule has 106 valence electrons. The SMILES string of the molecule is Cc1cnn(CCNC(=O)NCC(C)(C)C(=O)O)c1. The molecule has 0 saturated heterocycles. The summed E-state index contributed by atoms with van der Waals surface area (Å²) in [6, 6.07) is -0.377. The number of hydrogen-bond acceptors (Lipinski definition) is 3. The summed E-state index contributed by atoms with van der Waals surface area (Å²) in [5.74, 6) is -0.945. The molecule has 1 aromatic heterocycles. The first-order valence-corrected chi connectivity index (χ1v) is 6.05. The van der Waals surface area contributed by atoms with Crippen molar-refractivity contribution in [1.29, 1.82) is 0 Å². The molecule has 0 aliphatic rings. The van der Waals surface area contributed by atoms with E-state index in [0.717, 1.165) is 5.56 Å². The van der Waals surface area contributed by atoms with Crippen molar-refractivity contribution >= 4 is 12.0 Å². The molecular formula is C12H20N4O3. The lowest BCUT2D eigenvalue weighted by atomic mass is 9.94. The van der Waals surface area contributed by atoms with Crippen LogP contribution in [0.25, 0.3) is 0 Å². The molecule has 1 rings (SSSR count). The van der Waals surface area contributed by atoms with Crippen molar-refractivity contribution in [1.82, 2.24) is 20.4 Å². The molecule has 0 aliphatic carbocycles. The molecule has 0 aromatic carbocycles. The smallest absolute Gasteiger partial charge is 0.314 e. The van der Waals surface area contributed by atoms with Crippen molar-refractivity contribution in [3.8, 4) is 0 Å². The molecule has 0 fully saturated rings. The maximum Gasteiger partial charge on any atom is 0.314 e. The van der Waals surface area contributed by atoms with Gasteiger partial charge in [0, 0.05) is 19.3 Å². The van der Waals surface area contributed by atoms with Crippen molar-refractivity contribution < 1.29 is 14.7 Å². The standard InChI is InChI=1S/C12H20N4O3/c1-9-6-15-16(7-9)5-4-13-11(19)14-8-12(2,3)10(17)18/h6-7H,4-5,8H2,1-3H3,(H,17,18)(H2,13,14,19). The van der Waals surface area contributed by atoms with Crippen molar-refractivity contribution in [3.05, 3.63) is 18.0 Å². The van der Waals surface area contributed by atoms with E-state index >= 15 is 0 Å². The lowest BCUT2D eigenvalue weighted by Crippen LogP contribution is -2.44. The summed E-state index contributed by atoms with van der Waals surface area (Å²) >= 11 is 0. The van der Waals surface area contributed by atoms with E-state index in [-0.39, 0.29) is 12.6 Å². The predicted molar refractivity (Wildman–Crippen MR) is 69.8 cm³/mol. The highest BCUT2D eigenvalue weighted by molar-refractivity contribution is 5.77.